The van der Waals surface area contributed by atoms with Crippen molar-refractivity contribution in [3.8, 4) is 17.1 Å². The van der Waals surface area contributed by atoms with Gasteiger partial charge in [0.2, 0.25) is 10.0 Å². The number of nitrogens with zero attached hydrogens (tertiary/aromatic N) is 2. The number of rotatable bonds is 8. The molecular weight excluding hydrogens is 540 g/mol. The number of carboxylic acids is 1. The zero-order valence-electron chi connectivity index (χ0n) is 20.9. The van der Waals surface area contributed by atoms with Crippen molar-refractivity contribution in [3.05, 3.63) is 96.0 Å². The number of ether oxygens (including phenoxy) is 1. The maximum atomic E-state index is 12.0. The highest BCUT2D eigenvalue weighted by molar-refractivity contribution is 7.92. The van der Waals surface area contributed by atoms with Crippen LogP contribution in [0.4, 0.5) is 11.4 Å². The number of nitrogens with one attached hydrogen (secondary N) is 2. The Labute approximate surface area is 230 Å². The molecule has 2 unspecified atom stereocenters. The first-order valence-electron chi connectivity index (χ1n) is 11.7. The molecule has 1 aliphatic heterocycles. The van der Waals surface area contributed by atoms with Gasteiger partial charge in [-0.1, -0.05) is 18.2 Å². The molecule has 3 heterocycles. The molecule has 200 valence electrons. The maximum Gasteiger partial charge on any atom is 0.335 e. The minimum absolute atomic E-state index is 0.145. The van der Waals surface area contributed by atoms with Crippen LogP contribution in [0.2, 0.25) is 0 Å². The molecule has 1 fully saturated rings. The van der Waals surface area contributed by atoms with Gasteiger partial charge in [-0.3, -0.25) is 9.71 Å². The SMILES string of the molecule is COc1ccc(N2C(=S)NC(c3ccccn3)C2c2ccc(-c3cccc(C(=O)O)c3)o2)cc1NS(C)(=O)=O. The molecule has 0 saturated carbocycles. The largest absolute Gasteiger partial charge is 0.495 e. The molecule has 39 heavy (non-hydrogen) atoms. The molecule has 0 spiro atoms. The number of pyridine rings is 1. The van der Waals surface area contributed by atoms with Crippen LogP contribution in [0, 0.1) is 0 Å². The Morgan fingerprint density at radius 3 is 2.64 bits per heavy atom. The zero-order chi connectivity index (χ0) is 27.7. The van der Waals surface area contributed by atoms with E-state index in [4.69, 9.17) is 21.4 Å². The highest BCUT2D eigenvalue weighted by Gasteiger charge is 2.43. The Balaban J connectivity index is 1.61. The van der Waals surface area contributed by atoms with Gasteiger partial charge in [-0.25, -0.2) is 13.2 Å². The van der Waals surface area contributed by atoms with Crippen molar-refractivity contribution in [3.63, 3.8) is 0 Å². The topological polar surface area (TPSA) is 134 Å². The van der Waals surface area contributed by atoms with Crippen molar-refractivity contribution in [2.45, 2.75) is 12.1 Å². The first-order chi connectivity index (χ1) is 18.6. The van der Waals surface area contributed by atoms with Crippen LogP contribution in [-0.2, 0) is 10.0 Å². The molecule has 1 saturated heterocycles. The van der Waals surface area contributed by atoms with E-state index in [0.29, 0.717) is 33.6 Å². The van der Waals surface area contributed by atoms with Gasteiger partial charge in [0.1, 0.15) is 23.3 Å². The van der Waals surface area contributed by atoms with E-state index in [-0.39, 0.29) is 11.3 Å². The molecule has 0 amide bonds. The lowest BCUT2D eigenvalue weighted by Gasteiger charge is -2.27. The summed E-state index contributed by atoms with van der Waals surface area (Å²) in [4.78, 5) is 17.8. The number of thiocarbonyl (C=S) groups is 1. The van der Waals surface area contributed by atoms with Gasteiger partial charge in [-0.05, 0) is 66.8 Å². The average molecular weight is 565 g/mol. The van der Waals surface area contributed by atoms with Crippen molar-refractivity contribution in [2.24, 2.45) is 0 Å². The first-order valence-corrected chi connectivity index (χ1v) is 14.0. The van der Waals surface area contributed by atoms with Crippen LogP contribution >= 0.6 is 12.2 Å². The molecule has 12 heteroatoms. The van der Waals surface area contributed by atoms with Gasteiger partial charge in [-0.2, -0.15) is 0 Å². The van der Waals surface area contributed by atoms with Crippen LogP contribution < -0.4 is 19.7 Å². The molecule has 2 aromatic heterocycles. The molecule has 4 aromatic rings. The Bertz CT molecular complexity index is 1660. The van der Waals surface area contributed by atoms with E-state index in [1.54, 1.807) is 48.7 Å². The number of aromatic nitrogens is 1. The minimum atomic E-state index is -3.59. The quantitative estimate of drug-likeness (QED) is 0.261. The lowest BCUT2D eigenvalue weighted by molar-refractivity contribution is 0.0697. The number of aromatic carboxylic acids is 1. The Kier molecular flexibility index (Phi) is 6.98. The molecule has 5 rings (SSSR count). The van der Waals surface area contributed by atoms with Crippen molar-refractivity contribution in [1.82, 2.24) is 10.3 Å². The molecule has 0 bridgehead atoms. The third kappa shape index (κ3) is 5.42. The fourth-order valence-corrected chi connectivity index (χ4v) is 5.42. The highest BCUT2D eigenvalue weighted by atomic mass is 32.2. The van der Waals surface area contributed by atoms with Gasteiger partial charge in [0.05, 0.1) is 36.4 Å². The summed E-state index contributed by atoms with van der Waals surface area (Å²) < 4.78 is 38.2. The molecular formula is C27H24N4O6S2. The van der Waals surface area contributed by atoms with E-state index in [1.807, 2.05) is 29.2 Å². The number of carboxylic acid groups (broad SMARTS) is 1. The molecule has 2 atom stereocenters. The Morgan fingerprint density at radius 2 is 1.95 bits per heavy atom. The molecule has 0 radical (unpaired) electrons. The number of hydrogen-bond donors (Lipinski definition) is 3. The zero-order valence-corrected chi connectivity index (χ0v) is 22.5. The average Bonchev–Trinajstić information content (AvgIpc) is 3.53. The Hall–Kier alpha value is -4.42. The van der Waals surface area contributed by atoms with E-state index in [0.717, 1.165) is 11.9 Å². The smallest absolute Gasteiger partial charge is 0.335 e. The second-order valence-corrected chi connectivity index (χ2v) is 11.0. The summed E-state index contributed by atoms with van der Waals surface area (Å²) >= 11 is 5.75. The summed E-state index contributed by atoms with van der Waals surface area (Å²) in [6, 6.07) is 19.8. The summed E-state index contributed by atoms with van der Waals surface area (Å²) in [6.45, 7) is 0. The van der Waals surface area contributed by atoms with Crippen molar-refractivity contribution in [2.75, 3.05) is 23.0 Å². The number of benzene rings is 2. The summed E-state index contributed by atoms with van der Waals surface area (Å²) in [6.07, 6.45) is 2.75. The van der Waals surface area contributed by atoms with E-state index in [9.17, 15) is 18.3 Å². The summed E-state index contributed by atoms with van der Waals surface area (Å²) in [7, 11) is -2.13. The predicted molar refractivity (Wildman–Crippen MR) is 150 cm³/mol. The number of carbonyl (C=O) groups is 1. The summed E-state index contributed by atoms with van der Waals surface area (Å²) in [5, 5.41) is 13.1. The van der Waals surface area contributed by atoms with Crippen LogP contribution in [0.5, 0.6) is 5.75 Å². The van der Waals surface area contributed by atoms with Crippen molar-refractivity contribution < 1.29 is 27.5 Å². The number of methoxy groups -OCH3 is 1. The number of sulfonamides is 1. The second kappa shape index (κ2) is 10.4. The first kappa shape index (κ1) is 26.2. The van der Waals surface area contributed by atoms with E-state index >= 15 is 0 Å². The number of furan rings is 1. The fraction of sp³-hybridized carbons (Fsp3) is 0.148. The van der Waals surface area contributed by atoms with Crippen LogP contribution in [0.1, 0.15) is 33.9 Å². The summed E-state index contributed by atoms with van der Waals surface area (Å²) in [5.74, 6) is 0.342. The summed E-state index contributed by atoms with van der Waals surface area (Å²) in [5.41, 5.74) is 2.33. The third-order valence-corrected chi connectivity index (χ3v) is 7.07. The second-order valence-electron chi connectivity index (χ2n) is 8.84. The Morgan fingerprint density at radius 1 is 1.13 bits per heavy atom. The lowest BCUT2D eigenvalue weighted by Crippen LogP contribution is -2.29. The van der Waals surface area contributed by atoms with Gasteiger partial charge in [0.15, 0.2) is 5.11 Å². The van der Waals surface area contributed by atoms with Crippen molar-refractivity contribution in [1.29, 1.82) is 0 Å². The predicted octanol–water partition coefficient (Wildman–Crippen LogP) is 4.60. The number of hydrogen-bond acceptors (Lipinski definition) is 7. The van der Waals surface area contributed by atoms with Crippen LogP contribution in [0.3, 0.4) is 0 Å². The van der Waals surface area contributed by atoms with Crippen LogP contribution in [0.25, 0.3) is 11.3 Å². The standard InChI is InChI=1S/C27H24N4O6S2/c1-36-22-10-9-18(15-20(22)30-39(2,34)35)31-25(24(29-27(31)38)19-8-3-4-13-28-19)23-12-11-21(37-23)16-6-5-7-17(14-16)26(32)33/h3-15,24-25,30H,1-2H3,(H,29,38)(H,32,33). The normalized spacial score (nSPS) is 17.1. The van der Waals surface area contributed by atoms with Crippen LogP contribution in [0.15, 0.2) is 83.4 Å². The lowest BCUT2D eigenvalue weighted by atomic mass is 10.0. The van der Waals surface area contributed by atoms with E-state index in [1.165, 1.54) is 13.2 Å². The van der Waals surface area contributed by atoms with Gasteiger partial charge >= 0.3 is 5.97 Å². The molecule has 2 aromatic carbocycles. The van der Waals surface area contributed by atoms with Crippen molar-refractivity contribution >= 4 is 44.7 Å². The van der Waals surface area contributed by atoms with Gasteiger partial charge in [0.25, 0.3) is 0 Å². The number of anilines is 2. The molecule has 1 aliphatic rings. The third-order valence-electron chi connectivity index (χ3n) is 6.17. The monoisotopic (exact) mass is 564 g/mol. The molecule has 3 N–H and O–H groups in total. The molecule has 0 aliphatic carbocycles. The van der Waals surface area contributed by atoms with Gasteiger partial charge in [0, 0.05) is 17.4 Å². The molecule has 10 nitrogen and oxygen atoms in total. The van der Waals surface area contributed by atoms with E-state index in [2.05, 4.69) is 15.0 Å². The maximum absolute atomic E-state index is 12.0. The fourth-order valence-electron chi connectivity index (χ4n) is 4.52. The van der Waals surface area contributed by atoms with Gasteiger partial charge < -0.3 is 24.5 Å². The van der Waals surface area contributed by atoms with Crippen LogP contribution in [-0.4, -0.2) is 43.0 Å². The highest BCUT2D eigenvalue weighted by Crippen LogP contribution is 2.44. The minimum Gasteiger partial charge on any atom is -0.495 e. The van der Waals surface area contributed by atoms with Gasteiger partial charge in [-0.15, -0.1) is 0 Å². The van der Waals surface area contributed by atoms with E-state index < -0.39 is 28.1 Å².